The first-order valence-corrected chi connectivity index (χ1v) is 10.1. The molecule has 1 aliphatic carbocycles. The van der Waals surface area contributed by atoms with Crippen LogP contribution in [0.15, 0.2) is 36.7 Å². The number of β-amino-alcohol motifs (C(OH)–C–C–N with tert-alkyl or cyclic N) is 1. The van der Waals surface area contributed by atoms with Crippen molar-refractivity contribution in [1.29, 1.82) is 0 Å². The van der Waals surface area contributed by atoms with Crippen LogP contribution in [0.3, 0.4) is 0 Å². The third kappa shape index (κ3) is 3.71. The van der Waals surface area contributed by atoms with Gasteiger partial charge in [0.2, 0.25) is 0 Å². The van der Waals surface area contributed by atoms with E-state index in [1.54, 1.807) is 6.07 Å². The molecule has 2 fully saturated rings. The van der Waals surface area contributed by atoms with Crippen LogP contribution in [0.2, 0.25) is 0 Å². The van der Waals surface area contributed by atoms with Gasteiger partial charge in [0.05, 0.1) is 25.4 Å². The predicted molar refractivity (Wildman–Crippen MR) is 107 cm³/mol. The molecule has 1 aromatic heterocycles. The molecule has 5 rings (SSSR count). The van der Waals surface area contributed by atoms with Crippen molar-refractivity contribution in [2.45, 2.75) is 30.5 Å². The summed E-state index contributed by atoms with van der Waals surface area (Å²) in [6, 6.07) is 10.8. The van der Waals surface area contributed by atoms with Gasteiger partial charge in [-0.1, -0.05) is 24.3 Å². The number of nitrogens with one attached hydrogen (secondary N) is 2. The molecule has 2 aromatic rings. The van der Waals surface area contributed by atoms with Gasteiger partial charge in [-0.15, -0.1) is 0 Å². The van der Waals surface area contributed by atoms with Crippen LogP contribution in [-0.4, -0.2) is 70.9 Å². The van der Waals surface area contributed by atoms with E-state index in [4.69, 9.17) is 4.74 Å². The lowest BCUT2D eigenvalue weighted by Crippen LogP contribution is -2.41. The van der Waals surface area contributed by atoms with E-state index in [0.29, 0.717) is 37.5 Å². The zero-order valence-corrected chi connectivity index (χ0v) is 16.1. The Kier molecular flexibility index (Phi) is 4.91. The van der Waals surface area contributed by atoms with Crippen LogP contribution in [0.5, 0.6) is 0 Å². The lowest BCUT2D eigenvalue weighted by atomic mass is 9.99. The second kappa shape index (κ2) is 7.70. The second-order valence-electron chi connectivity index (χ2n) is 8.06. The Morgan fingerprint density at radius 2 is 2.10 bits per heavy atom. The number of aliphatic hydroxyl groups is 1. The summed E-state index contributed by atoms with van der Waals surface area (Å²) in [7, 11) is 0. The number of carbonyl (C=O) groups excluding carboxylic acids is 1. The minimum absolute atomic E-state index is 0.192. The van der Waals surface area contributed by atoms with Gasteiger partial charge in [-0.05, 0) is 23.5 Å². The van der Waals surface area contributed by atoms with Gasteiger partial charge in [0.25, 0.3) is 5.91 Å². The maximum atomic E-state index is 12.4. The molecule has 1 amide bonds. The van der Waals surface area contributed by atoms with E-state index >= 15 is 0 Å². The van der Waals surface area contributed by atoms with Crippen molar-refractivity contribution in [2.75, 3.05) is 38.2 Å². The van der Waals surface area contributed by atoms with Gasteiger partial charge in [0.1, 0.15) is 17.8 Å². The number of aliphatic hydroxyl groups excluding tert-OH is 1. The van der Waals surface area contributed by atoms with Gasteiger partial charge < -0.3 is 20.5 Å². The summed E-state index contributed by atoms with van der Waals surface area (Å²) >= 11 is 0. The number of aromatic nitrogens is 2. The summed E-state index contributed by atoms with van der Waals surface area (Å²) in [5, 5.41) is 16.5. The molecule has 2 saturated heterocycles. The van der Waals surface area contributed by atoms with Crippen LogP contribution in [0.4, 0.5) is 5.82 Å². The maximum absolute atomic E-state index is 12.4. The van der Waals surface area contributed by atoms with Gasteiger partial charge in [-0.3, -0.25) is 9.69 Å². The molecule has 0 radical (unpaired) electrons. The van der Waals surface area contributed by atoms with E-state index in [1.807, 2.05) is 0 Å². The fourth-order valence-corrected chi connectivity index (χ4v) is 4.57. The Morgan fingerprint density at radius 1 is 1.28 bits per heavy atom. The fraction of sp³-hybridized carbons (Fsp3) is 0.476. The second-order valence-corrected chi connectivity index (χ2v) is 8.06. The highest BCUT2D eigenvalue weighted by molar-refractivity contribution is 5.92. The number of hydrogen-bond donors (Lipinski definition) is 3. The summed E-state index contributed by atoms with van der Waals surface area (Å²) in [6.07, 6.45) is 1.87. The molecule has 3 atom stereocenters. The molecule has 0 spiro atoms. The average molecular weight is 395 g/mol. The number of amides is 1. The van der Waals surface area contributed by atoms with E-state index in [1.165, 1.54) is 17.5 Å². The molecule has 1 aromatic carbocycles. The van der Waals surface area contributed by atoms with Crippen molar-refractivity contribution >= 4 is 11.7 Å². The van der Waals surface area contributed by atoms with E-state index in [9.17, 15) is 9.90 Å². The number of nitrogens with zero attached hydrogens (tertiary/aromatic N) is 3. The SMILES string of the molecule is O=C(NC[C@H](O)CN1CC2CC1c1ccccc12)c1cc(NC2COC2)ncn1. The zero-order chi connectivity index (χ0) is 19.8. The molecule has 0 saturated carbocycles. The third-order valence-electron chi connectivity index (χ3n) is 6.03. The first kappa shape index (κ1) is 18.5. The van der Waals surface area contributed by atoms with Gasteiger partial charge in [0, 0.05) is 31.7 Å². The average Bonchev–Trinajstić information content (AvgIpc) is 3.28. The lowest BCUT2D eigenvalue weighted by molar-refractivity contribution is 0.0209. The van der Waals surface area contributed by atoms with Crippen molar-refractivity contribution < 1.29 is 14.6 Å². The largest absolute Gasteiger partial charge is 0.390 e. The minimum atomic E-state index is -0.628. The molecule has 2 bridgehead atoms. The quantitative estimate of drug-likeness (QED) is 0.641. The van der Waals surface area contributed by atoms with Crippen LogP contribution in [0, 0.1) is 0 Å². The number of likely N-dealkylation sites (tertiary alicyclic amines) is 1. The van der Waals surface area contributed by atoms with Crippen LogP contribution < -0.4 is 10.6 Å². The minimum Gasteiger partial charge on any atom is -0.390 e. The Balaban J connectivity index is 1.13. The van der Waals surface area contributed by atoms with Crippen LogP contribution >= 0.6 is 0 Å². The Labute approximate surface area is 169 Å². The van der Waals surface area contributed by atoms with E-state index in [-0.39, 0.29) is 24.2 Å². The molecule has 152 valence electrons. The predicted octanol–water partition coefficient (Wildman–Crippen LogP) is 0.922. The van der Waals surface area contributed by atoms with Crippen LogP contribution in [0.25, 0.3) is 0 Å². The fourth-order valence-electron chi connectivity index (χ4n) is 4.57. The summed E-state index contributed by atoms with van der Waals surface area (Å²) in [4.78, 5) is 22.9. The van der Waals surface area contributed by atoms with E-state index in [2.05, 4.69) is 49.8 Å². The van der Waals surface area contributed by atoms with Crippen LogP contribution in [0.1, 0.15) is 40.0 Å². The number of benzene rings is 1. The highest BCUT2D eigenvalue weighted by Crippen LogP contribution is 2.49. The van der Waals surface area contributed by atoms with E-state index in [0.717, 1.165) is 13.0 Å². The van der Waals surface area contributed by atoms with Crippen LogP contribution in [-0.2, 0) is 4.74 Å². The standard InChI is InChI=1S/C21H25N5O3/c27-15(9-26-8-13-5-19(26)17-4-2-1-3-16(13)17)7-22-21(28)18-6-20(24-12-23-18)25-14-10-29-11-14/h1-4,6,12-15,19,27H,5,7-11H2,(H,22,28)(H,23,24,25)/t13?,15-,19?/m0/s1. The molecular formula is C21H25N5O3. The normalized spacial score (nSPS) is 24.0. The van der Waals surface area contributed by atoms with Crippen molar-refractivity contribution in [3.8, 4) is 0 Å². The molecule has 2 aliphatic heterocycles. The molecule has 8 heteroatoms. The lowest BCUT2D eigenvalue weighted by Gasteiger charge is -2.30. The number of fused-ring (bicyclic) bond motifs is 5. The summed E-state index contributed by atoms with van der Waals surface area (Å²) in [5.41, 5.74) is 3.13. The molecule has 29 heavy (non-hydrogen) atoms. The van der Waals surface area contributed by atoms with Gasteiger partial charge in [-0.2, -0.15) is 0 Å². The molecule has 2 unspecified atom stereocenters. The highest BCUT2D eigenvalue weighted by atomic mass is 16.5. The summed E-state index contributed by atoms with van der Waals surface area (Å²) < 4.78 is 5.13. The Morgan fingerprint density at radius 3 is 2.90 bits per heavy atom. The van der Waals surface area contributed by atoms with Gasteiger partial charge >= 0.3 is 0 Å². The summed E-state index contributed by atoms with van der Waals surface area (Å²) in [6.45, 7) is 2.99. The Hall–Kier alpha value is -2.55. The smallest absolute Gasteiger partial charge is 0.270 e. The van der Waals surface area contributed by atoms with Crippen molar-refractivity contribution in [3.63, 3.8) is 0 Å². The first-order valence-electron chi connectivity index (χ1n) is 10.1. The van der Waals surface area contributed by atoms with Crippen molar-refractivity contribution in [3.05, 3.63) is 53.5 Å². The summed E-state index contributed by atoms with van der Waals surface area (Å²) in [5.74, 6) is 0.851. The number of carbonyl (C=O) groups is 1. The number of rotatable bonds is 7. The number of hydrogen-bond acceptors (Lipinski definition) is 7. The van der Waals surface area contributed by atoms with E-state index < -0.39 is 6.10 Å². The third-order valence-corrected chi connectivity index (χ3v) is 6.03. The monoisotopic (exact) mass is 395 g/mol. The molecule has 3 heterocycles. The maximum Gasteiger partial charge on any atom is 0.270 e. The van der Waals surface area contributed by atoms with Gasteiger partial charge in [-0.25, -0.2) is 9.97 Å². The number of ether oxygens (including phenoxy) is 1. The van der Waals surface area contributed by atoms with Crippen molar-refractivity contribution in [2.24, 2.45) is 0 Å². The number of anilines is 1. The Bertz CT molecular complexity index is 903. The highest BCUT2D eigenvalue weighted by Gasteiger charge is 2.42. The molecule has 3 N–H and O–H groups in total. The molecular weight excluding hydrogens is 370 g/mol. The topological polar surface area (TPSA) is 99.6 Å². The zero-order valence-electron chi connectivity index (χ0n) is 16.1. The first-order chi connectivity index (χ1) is 14.2. The van der Waals surface area contributed by atoms with Crippen molar-refractivity contribution in [1.82, 2.24) is 20.2 Å². The molecule has 8 nitrogen and oxygen atoms in total. The van der Waals surface area contributed by atoms with Gasteiger partial charge in [0.15, 0.2) is 0 Å². The molecule has 3 aliphatic rings.